The van der Waals surface area contributed by atoms with Gasteiger partial charge in [-0.1, -0.05) is 135 Å². The van der Waals surface area contributed by atoms with Crippen LogP contribution in [0.1, 0.15) is 73.8 Å². The summed E-state index contributed by atoms with van der Waals surface area (Å²) in [7, 11) is 0. The Morgan fingerprint density at radius 1 is 0.589 bits per heavy atom. The van der Waals surface area contributed by atoms with Crippen molar-refractivity contribution >= 4 is 82.1 Å². The van der Waals surface area contributed by atoms with E-state index in [0.717, 1.165) is 43.4 Å². The summed E-state index contributed by atoms with van der Waals surface area (Å²) < 4.78 is 3.27. The van der Waals surface area contributed by atoms with Crippen molar-refractivity contribution in [3.8, 4) is 6.07 Å². The normalized spacial score (nSPS) is 10.4. The van der Waals surface area contributed by atoms with Gasteiger partial charge in [0.25, 0.3) is 11.1 Å². The van der Waals surface area contributed by atoms with Gasteiger partial charge in [0.2, 0.25) is 0 Å². The molecule has 56 heavy (non-hydrogen) atoms. The maximum absolute atomic E-state index is 13.0. The number of fused-ring (bicyclic) bond motifs is 8. The van der Waals surface area contributed by atoms with Crippen LogP contribution in [0.15, 0.2) is 119 Å². The lowest BCUT2D eigenvalue weighted by Crippen LogP contribution is -2.13. The first-order valence-corrected chi connectivity index (χ1v) is 19.3. The third-order valence-corrected chi connectivity index (χ3v) is 8.71. The number of nitriles is 1. The summed E-state index contributed by atoms with van der Waals surface area (Å²) >= 11 is 0. The van der Waals surface area contributed by atoms with E-state index in [2.05, 4.69) is 48.6 Å². The van der Waals surface area contributed by atoms with E-state index in [9.17, 15) is 9.59 Å². The number of aromatic nitrogens is 4. The number of pyridine rings is 2. The number of hydrogen-bond acceptors (Lipinski definition) is 5. The molecule has 0 unspecified atom stereocenters. The largest absolute Gasteiger partial charge is 0.268 e. The van der Waals surface area contributed by atoms with Gasteiger partial charge in [-0.2, -0.15) is 5.26 Å². The average molecular weight is 739 g/mol. The highest BCUT2D eigenvalue weighted by molar-refractivity contribution is 6.16. The molecule has 0 atom stereocenters. The van der Waals surface area contributed by atoms with Gasteiger partial charge in [0.15, 0.2) is 5.69 Å². The molecule has 0 N–H and O–H groups in total. The Hall–Kier alpha value is -6.90. The molecular formula is C48H46N6O2. The summed E-state index contributed by atoms with van der Waals surface area (Å²) in [4.78, 5) is 38.7. The van der Waals surface area contributed by atoms with Crippen LogP contribution in [0.4, 0.5) is 5.69 Å². The highest BCUT2D eigenvalue weighted by Gasteiger charge is 2.17. The lowest BCUT2D eigenvalue weighted by molar-refractivity contribution is 1.09. The second-order valence-electron chi connectivity index (χ2n) is 12.6. The standard InChI is InChI=1S/2C19H9N3O.2C3H8.2C2H6/c1-20-12-8-9-15-16(10-12)22-18(21-15)13-6-2-4-11-5-3-7-14(17(11)13)19(22)23;20-10-11-7-8-16-15(9-11)21-18-13-5-1-3-12-4-2-6-14(17(12)13)19(23)22(16)18;2*1-3-2;2*1-2/h2-10H;1-9H;2*3H2,1-2H3;2*1-2H3. The van der Waals surface area contributed by atoms with Gasteiger partial charge in [-0.25, -0.2) is 14.8 Å². The predicted molar refractivity (Wildman–Crippen MR) is 236 cm³/mol. The smallest absolute Gasteiger partial charge is 0.264 e. The lowest BCUT2D eigenvalue weighted by atomic mass is 10.0. The fraction of sp³-hybridized carbons (Fsp3) is 0.208. The van der Waals surface area contributed by atoms with Gasteiger partial charge in [-0.05, 0) is 53.2 Å². The molecule has 280 valence electrons. The van der Waals surface area contributed by atoms with Crippen molar-refractivity contribution in [1.29, 1.82) is 5.26 Å². The summed E-state index contributed by atoms with van der Waals surface area (Å²) in [6, 6.07) is 36.0. The molecule has 6 aromatic carbocycles. The second kappa shape index (κ2) is 18.0. The molecule has 10 rings (SSSR count). The van der Waals surface area contributed by atoms with Crippen LogP contribution >= 0.6 is 0 Å². The Bertz CT molecular complexity index is 3080. The van der Waals surface area contributed by atoms with Gasteiger partial charge in [-0.15, -0.1) is 0 Å². The molecule has 0 saturated carbocycles. The van der Waals surface area contributed by atoms with Crippen LogP contribution in [-0.4, -0.2) is 18.8 Å². The van der Waals surface area contributed by atoms with Crippen molar-refractivity contribution in [3.63, 3.8) is 0 Å². The Balaban J connectivity index is 0.000000175. The Kier molecular flexibility index (Phi) is 12.9. The van der Waals surface area contributed by atoms with Gasteiger partial charge < -0.3 is 0 Å². The van der Waals surface area contributed by atoms with Crippen LogP contribution in [0.25, 0.3) is 81.3 Å². The average Bonchev–Trinajstić information content (AvgIpc) is 3.83. The highest BCUT2D eigenvalue weighted by atomic mass is 16.1. The SMILES string of the molecule is CC.CC.CCC.CCC.N#Cc1ccc2c(c1)nc1c3cccc4cccc(c(=O)n21)c43.[C-]#[N+]c1ccc2nc3c4cccc5cccc(c(=O)n3c2c1)c54. The van der Waals surface area contributed by atoms with Crippen LogP contribution in [0, 0.1) is 17.9 Å². The first-order valence-electron chi connectivity index (χ1n) is 19.3. The minimum Gasteiger partial charge on any atom is -0.268 e. The Morgan fingerprint density at radius 3 is 1.50 bits per heavy atom. The van der Waals surface area contributed by atoms with E-state index in [1.807, 2.05) is 100 Å². The van der Waals surface area contributed by atoms with E-state index >= 15 is 0 Å². The summed E-state index contributed by atoms with van der Waals surface area (Å²) in [6.45, 7) is 23.7. The minimum absolute atomic E-state index is 0.0727. The highest BCUT2D eigenvalue weighted by Crippen LogP contribution is 2.31. The summed E-state index contributed by atoms with van der Waals surface area (Å²) in [6.07, 6.45) is 2.50. The second-order valence-corrected chi connectivity index (χ2v) is 12.6. The zero-order valence-corrected chi connectivity index (χ0v) is 33.3. The van der Waals surface area contributed by atoms with Crippen molar-refractivity contribution in [2.24, 2.45) is 0 Å². The quantitative estimate of drug-likeness (QED) is 0.144. The first-order chi connectivity index (χ1) is 27.4. The van der Waals surface area contributed by atoms with Crippen molar-refractivity contribution in [1.82, 2.24) is 18.8 Å². The maximum Gasteiger partial charge on any atom is 0.264 e. The summed E-state index contributed by atoms with van der Waals surface area (Å²) in [5.74, 6) is 0. The third kappa shape index (κ3) is 7.06. The minimum atomic E-state index is -0.0890. The van der Waals surface area contributed by atoms with Gasteiger partial charge in [0.1, 0.15) is 11.3 Å². The fourth-order valence-electron chi connectivity index (χ4n) is 6.71. The molecule has 0 saturated heterocycles. The molecule has 0 aliphatic heterocycles. The van der Waals surface area contributed by atoms with Crippen LogP contribution in [0.5, 0.6) is 0 Å². The van der Waals surface area contributed by atoms with Crippen LogP contribution < -0.4 is 11.1 Å². The molecule has 0 fully saturated rings. The Labute approximate surface area is 326 Å². The molecule has 10 aromatic rings. The molecule has 0 amide bonds. The molecule has 0 aliphatic carbocycles. The van der Waals surface area contributed by atoms with Gasteiger partial charge in [-0.3, -0.25) is 18.4 Å². The van der Waals surface area contributed by atoms with E-state index in [1.54, 1.807) is 45.2 Å². The van der Waals surface area contributed by atoms with Crippen molar-refractivity contribution in [2.75, 3.05) is 0 Å². The van der Waals surface area contributed by atoms with Crippen molar-refractivity contribution < 1.29 is 0 Å². The molecule has 4 heterocycles. The van der Waals surface area contributed by atoms with Crippen molar-refractivity contribution in [3.05, 3.63) is 147 Å². The number of hydrogen-bond donors (Lipinski definition) is 0. The van der Waals surface area contributed by atoms with Crippen LogP contribution in [0.3, 0.4) is 0 Å². The maximum atomic E-state index is 13.0. The monoisotopic (exact) mass is 738 g/mol. The van der Waals surface area contributed by atoms with Gasteiger partial charge in [0, 0.05) is 32.3 Å². The molecule has 0 radical (unpaired) electrons. The number of benzene rings is 6. The topological polar surface area (TPSA) is 96.9 Å². The van der Waals surface area contributed by atoms with Gasteiger partial charge in [0.05, 0.1) is 40.3 Å². The number of rotatable bonds is 0. The van der Waals surface area contributed by atoms with Gasteiger partial charge >= 0.3 is 0 Å². The molecule has 0 aliphatic rings. The summed E-state index contributed by atoms with van der Waals surface area (Å²) in [5, 5.41) is 16.3. The fourth-order valence-corrected chi connectivity index (χ4v) is 6.71. The van der Waals surface area contributed by atoms with E-state index in [4.69, 9.17) is 11.8 Å². The van der Waals surface area contributed by atoms with Crippen LogP contribution in [-0.2, 0) is 0 Å². The van der Waals surface area contributed by atoms with E-state index in [1.165, 1.54) is 12.8 Å². The molecule has 8 heteroatoms. The zero-order chi connectivity index (χ0) is 40.5. The molecule has 4 aromatic heterocycles. The van der Waals surface area contributed by atoms with Crippen LogP contribution in [0.2, 0.25) is 0 Å². The number of nitrogens with zero attached hydrogens (tertiary/aromatic N) is 6. The molecule has 0 bridgehead atoms. The molecule has 0 spiro atoms. The number of imidazole rings is 2. The molecule has 8 nitrogen and oxygen atoms in total. The lowest BCUT2D eigenvalue weighted by Gasteiger charge is -2.06. The zero-order valence-electron chi connectivity index (χ0n) is 33.3. The van der Waals surface area contributed by atoms with E-state index in [-0.39, 0.29) is 11.1 Å². The molecular weight excluding hydrogens is 693 g/mol. The predicted octanol–water partition coefficient (Wildman–Crippen LogP) is 12.5. The first kappa shape index (κ1) is 40.3. The Morgan fingerprint density at radius 2 is 1.04 bits per heavy atom. The summed E-state index contributed by atoms with van der Waals surface area (Å²) in [5.41, 5.74) is 4.98. The third-order valence-electron chi connectivity index (χ3n) is 8.71. The van der Waals surface area contributed by atoms with E-state index in [0.29, 0.717) is 44.4 Å². The van der Waals surface area contributed by atoms with E-state index < -0.39 is 0 Å². The van der Waals surface area contributed by atoms with Crippen molar-refractivity contribution in [2.45, 2.75) is 68.2 Å².